The molecule has 9 aromatic rings. The smallest absolute Gasteiger partial charge is 0.165 e. The molecule has 0 saturated heterocycles. The molecule has 9 rings (SSSR count). The second-order valence-corrected chi connectivity index (χ2v) is 12.9. The van der Waals surface area contributed by atoms with Crippen LogP contribution in [0.3, 0.4) is 0 Å². The van der Waals surface area contributed by atoms with E-state index in [1.807, 2.05) is 94.4 Å². The summed E-state index contributed by atoms with van der Waals surface area (Å²) in [5.74, 6) is 5.61. The first-order valence-electron chi connectivity index (χ1n) is 17.3. The molecule has 0 N–H and O–H groups in total. The average molecular weight is 689 g/mol. The Bertz CT molecular complexity index is 2730. The molecule has 0 spiro atoms. The summed E-state index contributed by atoms with van der Waals surface area (Å²) in [7, 11) is 0. The average Bonchev–Trinajstić information content (AvgIpc) is 3.51. The second-order valence-electron chi connectivity index (χ2n) is 12.9. The van der Waals surface area contributed by atoms with Crippen LogP contribution in [-0.2, 0) is 0 Å². The summed E-state index contributed by atoms with van der Waals surface area (Å²) in [6.45, 7) is 7.52. The van der Waals surface area contributed by atoms with Gasteiger partial charge in [0, 0.05) is 38.6 Å². The minimum atomic E-state index is 0.573. The molecule has 10 heteroatoms. The van der Waals surface area contributed by atoms with E-state index in [-0.39, 0.29) is 0 Å². The van der Waals surface area contributed by atoms with Gasteiger partial charge in [0.1, 0.15) is 23.3 Å². The van der Waals surface area contributed by atoms with Crippen LogP contribution in [0.15, 0.2) is 121 Å². The van der Waals surface area contributed by atoms with Crippen LogP contribution >= 0.6 is 0 Å². The van der Waals surface area contributed by atoms with Crippen molar-refractivity contribution in [1.82, 2.24) is 49.4 Å². The van der Waals surface area contributed by atoms with Gasteiger partial charge < -0.3 is 4.57 Å². The van der Waals surface area contributed by atoms with E-state index in [1.54, 1.807) is 0 Å². The molecule has 4 aromatic heterocycles. The number of nitrogens with zero attached hydrogens (tertiary/aromatic N) is 10. The van der Waals surface area contributed by atoms with Crippen molar-refractivity contribution in [3.8, 4) is 62.6 Å². The highest BCUT2D eigenvalue weighted by Crippen LogP contribution is 2.38. The number of benzene rings is 5. The topological polar surface area (TPSA) is 121 Å². The van der Waals surface area contributed by atoms with Crippen LogP contribution in [0.25, 0.3) is 84.4 Å². The molecule has 0 radical (unpaired) electrons. The van der Waals surface area contributed by atoms with Gasteiger partial charge in [-0.15, -0.1) is 0 Å². The fourth-order valence-corrected chi connectivity index (χ4v) is 6.84. The summed E-state index contributed by atoms with van der Waals surface area (Å²) in [5.41, 5.74) is 7.37. The first kappa shape index (κ1) is 31.9. The van der Waals surface area contributed by atoms with E-state index in [0.29, 0.717) is 52.4 Å². The monoisotopic (exact) mass is 688 g/mol. The maximum absolute atomic E-state index is 5.00. The molecule has 0 unspecified atom stereocenters. The number of aromatic nitrogens is 10. The largest absolute Gasteiger partial charge is 0.309 e. The van der Waals surface area contributed by atoms with Crippen molar-refractivity contribution in [3.63, 3.8) is 0 Å². The molecule has 10 nitrogen and oxygen atoms in total. The molecule has 4 heterocycles. The highest BCUT2D eigenvalue weighted by atomic mass is 15.1. The Balaban J connectivity index is 1.27. The lowest BCUT2D eigenvalue weighted by Crippen LogP contribution is -2.04. The summed E-state index contributed by atoms with van der Waals surface area (Å²) < 4.78 is 2.27. The maximum atomic E-state index is 5.00. The fourth-order valence-electron chi connectivity index (χ4n) is 6.84. The van der Waals surface area contributed by atoms with Crippen LogP contribution in [-0.4, -0.2) is 49.4 Å². The molecule has 5 aromatic carbocycles. The number of aryl methyl sites for hydroxylation is 4. The normalized spacial score (nSPS) is 11.4. The molecular weight excluding hydrogens is 657 g/mol. The number of para-hydroxylation sites is 1. The molecule has 0 fully saturated rings. The van der Waals surface area contributed by atoms with Crippen molar-refractivity contribution in [2.24, 2.45) is 0 Å². The quantitative estimate of drug-likeness (QED) is 0.169. The Morgan fingerprint density at radius 2 is 0.792 bits per heavy atom. The molecule has 0 aliphatic heterocycles. The molecule has 0 atom stereocenters. The first-order valence-corrected chi connectivity index (χ1v) is 17.3. The lowest BCUT2D eigenvalue weighted by atomic mass is 10.1. The zero-order chi connectivity index (χ0) is 36.1. The van der Waals surface area contributed by atoms with Gasteiger partial charge in [0.05, 0.1) is 16.7 Å². The van der Waals surface area contributed by atoms with E-state index >= 15 is 0 Å². The molecule has 53 heavy (non-hydrogen) atoms. The van der Waals surface area contributed by atoms with E-state index in [9.17, 15) is 0 Å². The molecule has 254 valence electrons. The van der Waals surface area contributed by atoms with Crippen molar-refractivity contribution < 1.29 is 0 Å². The van der Waals surface area contributed by atoms with Crippen molar-refractivity contribution >= 4 is 21.8 Å². The summed E-state index contributed by atoms with van der Waals surface area (Å²) in [6.07, 6.45) is 0. The lowest BCUT2D eigenvalue weighted by Gasteiger charge is -2.15. The van der Waals surface area contributed by atoms with E-state index in [0.717, 1.165) is 55.3 Å². The molecular formula is C43H32N10. The second kappa shape index (κ2) is 12.9. The highest BCUT2D eigenvalue weighted by Gasteiger charge is 2.21. The van der Waals surface area contributed by atoms with Crippen LogP contribution in [0, 0.1) is 27.7 Å². The lowest BCUT2D eigenvalue weighted by molar-refractivity contribution is 0.924. The van der Waals surface area contributed by atoms with E-state index in [2.05, 4.69) is 79.1 Å². The van der Waals surface area contributed by atoms with Gasteiger partial charge >= 0.3 is 0 Å². The van der Waals surface area contributed by atoms with Crippen LogP contribution in [0.4, 0.5) is 0 Å². The summed E-state index contributed by atoms with van der Waals surface area (Å²) in [6, 6.07) is 41.1. The van der Waals surface area contributed by atoms with Gasteiger partial charge in [-0.05, 0) is 70.2 Å². The van der Waals surface area contributed by atoms with E-state index in [1.165, 1.54) is 0 Å². The third kappa shape index (κ3) is 5.95. The van der Waals surface area contributed by atoms with Gasteiger partial charge in [0.15, 0.2) is 29.1 Å². The van der Waals surface area contributed by atoms with E-state index in [4.69, 9.17) is 24.9 Å². The number of hydrogen-bond acceptors (Lipinski definition) is 9. The summed E-state index contributed by atoms with van der Waals surface area (Å²) >= 11 is 0. The zero-order valence-electron chi connectivity index (χ0n) is 29.5. The van der Waals surface area contributed by atoms with Crippen molar-refractivity contribution in [1.29, 1.82) is 0 Å². The Morgan fingerprint density at radius 3 is 1.40 bits per heavy atom. The summed E-state index contributed by atoms with van der Waals surface area (Å²) in [5, 5.41) is 2.15. The minimum absolute atomic E-state index is 0.573. The summed E-state index contributed by atoms with van der Waals surface area (Å²) in [4.78, 5) is 42.7. The van der Waals surface area contributed by atoms with Crippen molar-refractivity contribution in [2.75, 3.05) is 0 Å². The Hall–Kier alpha value is -7.07. The highest BCUT2D eigenvalue weighted by molar-refractivity contribution is 6.10. The standard InChI is InChI=1S/C43H32N10/c1-25-44-26(2)47-41(46-25)32-20-22-38(35(24-32)43-48-27(3)45-28(4)49-43)53-36-18-12-11-17-33(36)34-23-31(19-21-37(34)53)42-51-39(29-13-7-5-8-14-29)50-40(52-42)30-15-9-6-10-16-30/h5-24H,1-4H3. The Labute approximate surface area is 305 Å². The first-order chi connectivity index (χ1) is 25.9. The van der Waals surface area contributed by atoms with Crippen molar-refractivity contribution in [2.45, 2.75) is 27.7 Å². The SMILES string of the molecule is Cc1nc(C)nc(-c2ccc(-n3c4ccccc4c4cc(-c5nc(-c6ccccc6)nc(-c6ccccc6)n5)ccc43)c(-c3nc(C)nc(C)n3)c2)n1. The molecule has 0 saturated carbocycles. The van der Waals surface area contributed by atoms with Gasteiger partial charge in [0.25, 0.3) is 0 Å². The van der Waals surface area contributed by atoms with Crippen LogP contribution < -0.4 is 0 Å². The van der Waals surface area contributed by atoms with Crippen LogP contribution in [0.5, 0.6) is 0 Å². The Kier molecular flexibility index (Phi) is 7.77. The van der Waals surface area contributed by atoms with Crippen LogP contribution in [0.2, 0.25) is 0 Å². The zero-order valence-corrected chi connectivity index (χ0v) is 29.5. The molecule has 0 aliphatic carbocycles. The van der Waals surface area contributed by atoms with Crippen LogP contribution in [0.1, 0.15) is 23.3 Å². The molecule has 0 aliphatic rings. The van der Waals surface area contributed by atoms with Gasteiger partial charge in [0.2, 0.25) is 0 Å². The van der Waals surface area contributed by atoms with Gasteiger partial charge in [-0.3, -0.25) is 0 Å². The third-order valence-corrected chi connectivity index (χ3v) is 9.08. The number of hydrogen-bond donors (Lipinski definition) is 0. The van der Waals surface area contributed by atoms with Gasteiger partial charge in [-0.1, -0.05) is 78.9 Å². The van der Waals surface area contributed by atoms with Gasteiger partial charge in [-0.2, -0.15) is 0 Å². The van der Waals surface area contributed by atoms with E-state index < -0.39 is 0 Å². The predicted octanol–water partition coefficient (Wildman–Crippen LogP) is 8.91. The molecule has 0 bridgehead atoms. The maximum Gasteiger partial charge on any atom is 0.165 e. The number of fused-ring (bicyclic) bond motifs is 3. The minimum Gasteiger partial charge on any atom is -0.309 e. The predicted molar refractivity (Wildman–Crippen MR) is 207 cm³/mol. The fraction of sp³-hybridized carbons (Fsp3) is 0.0930. The van der Waals surface area contributed by atoms with Crippen molar-refractivity contribution in [3.05, 3.63) is 145 Å². The molecule has 0 amide bonds. The third-order valence-electron chi connectivity index (χ3n) is 9.08. The van der Waals surface area contributed by atoms with Gasteiger partial charge in [-0.25, -0.2) is 44.9 Å². The Morgan fingerprint density at radius 1 is 0.340 bits per heavy atom. The number of rotatable bonds is 6.